The van der Waals surface area contributed by atoms with Crippen LogP contribution in [0.25, 0.3) is 0 Å². The fourth-order valence-electron chi connectivity index (χ4n) is 2.80. The normalized spacial score (nSPS) is 12.4. The van der Waals surface area contributed by atoms with Crippen molar-refractivity contribution in [1.82, 2.24) is 4.90 Å². The monoisotopic (exact) mass is 412 g/mol. The zero-order chi connectivity index (χ0) is 21.4. The van der Waals surface area contributed by atoms with Crippen LogP contribution in [0.3, 0.4) is 0 Å². The molecule has 0 aliphatic rings. The molecule has 156 valence electrons. The van der Waals surface area contributed by atoms with E-state index in [1.54, 1.807) is 29.6 Å². The van der Waals surface area contributed by atoms with E-state index in [2.05, 4.69) is 24.0 Å². The molecule has 0 saturated carbocycles. The highest BCUT2D eigenvalue weighted by atomic mass is 32.1. The molecule has 0 bridgehead atoms. The van der Waals surface area contributed by atoms with Gasteiger partial charge in [-0.15, -0.1) is 0 Å². The summed E-state index contributed by atoms with van der Waals surface area (Å²) in [6.07, 6.45) is 6.23. The van der Waals surface area contributed by atoms with Crippen LogP contribution in [-0.2, 0) is 17.6 Å². The fourth-order valence-corrected chi connectivity index (χ4v) is 3.41. The minimum atomic E-state index is -0.264. The summed E-state index contributed by atoms with van der Waals surface area (Å²) in [5.41, 5.74) is 3.66. The SMILES string of the molecule is CCc1cc(CC/C=C(/N=Cc2ccsc2)C(=O)N(C)C(C)(C)C)ccc1OC. The average molecular weight is 413 g/mol. The number of carbonyl (C=O) groups excluding carboxylic acids is 1. The molecule has 0 unspecified atom stereocenters. The van der Waals surface area contributed by atoms with E-state index in [9.17, 15) is 4.79 Å². The van der Waals surface area contributed by atoms with Crippen LogP contribution in [-0.4, -0.2) is 36.7 Å². The minimum absolute atomic E-state index is 0.0621. The average Bonchev–Trinajstić information content (AvgIpc) is 3.22. The van der Waals surface area contributed by atoms with Crippen molar-refractivity contribution in [2.45, 2.75) is 52.5 Å². The van der Waals surface area contributed by atoms with Crippen molar-refractivity contribution in [3.8, 4) is 5.75 Å². The standard InChI is InChI=1S/C24H32N2O2S/c1-7-20-15-18(11-12-22(20)28-6)9-8-10-21(23(27)26(5)24(2,3)4)25-16-19-13-14-29-17-19/h10-17H,7-9H2,1-6H3/b21-10+,25-16?. The van der Waals surface area contributed by atoms with E-state index in [0.717, 1.165) is 30.6 Å². The Balaban J connectivity index is 2.19. The van der Waals surface area contributed by atoms with E-state index in [1.807, 2.05) is 56.8 Å². The number of aryl methyl sites for hydroxylation is 2. The van der Waals surface area contributed by atoms with Gasteiger partial charge >= 0.3 is 0 Å². The summed E-state index contributed by atoms with van der Waals surface area (Å²) in [7, 11) is 3.53. The third-order valence-corrected chi connectivity index (χ3v) is 5.62. The Bertz CT molecular complexity index is 862. The zero-order valence-electron chi connectivity index (χ0n) is 18.4. The van der Waals surface area contributed by atoms with Gasteiger partial charge in [0.1, 0.15) is 11.4 Å². The number of carbonyl (C=O) groups is 1. The lowest BCUT2D eigenvalue weighted by atomic mass is 10.0. The third-order valence-electron chi connectivity index (χ3n) is 4.92. The number of thiophene rings is 1. The zero-order valence-corrected chi connectivity index (χ0v) is 19.2. The van der Waals surface area contributed by atoms with Crippen LogP contribution in [0.5, 0.6) is 5.75 Å². The number of ether oxygens (including phenoxy) is 1. The number of benzene rings is 1. The predicted molar refractivity (Wildman–Crippen MR) is 123 cm³/mol. The number of hydrogen-bond donors (Lipinski definition) is 0. The van der Waals surface area contributed by atoms with Crippen LogP contribution in [0.2, 0.25) is 0 Å². The minimum Gasteiger partial charge on any atom is -0.496 e. The molecule has 1 aromatic carbocycles. The van der Waals surface area contributed by atoms with Crippen molar-refractivity contribution >= 4 is 23.5 Å². The Morgan fingerprint density at radius 3 is 2.62 bits per heavy atom. The Hall–Kier alpha value is -2.40. The molecule has 1 aromatic heterocycles. The maximum absolute atomic E-state index is 13.0. The van der Waals surface area contributed by atoms with Gasteiger partial charge in [-0.2, -0.15) is 11.3 Å². The molecule has 5 heteroatoms. The molecule has 0 saturated heterocycles. The van der Waals surface area contributed by atoms with Gasteiger partial charge in [-0.1, -0.05) is 25.1 Å². The molecule has 0 spiro atoms. The largest absolute Gasteiger partial charge is 0.496 e. The van der Waals surface area contributed by atoms with Crippen LogP contribution >= 0.6 is 11.3 Å². The predicted octanol–water partition coefficient (Wildman–Crippen LogP) is 5.51. The summed E-state index contributed by atoms with van der Waals surface area (Å²) in [6.45, 7) is 8.19. The van der Waals surface area contributed by atoms with Crippen LogP contribution in [0.1, 0.15) is 50.8 Å². The topological polar surface area (TPSA) is 41.9 Å². The molecule has 0 atom stereocenters. The van der Waals surface area contributed by atoms with E-state index in [0.29, 0.717) is 5.70 Å². The van der Waals surface area contributed by atoms with Crippen molar-refractivity contribution in [2.24, 2.45) is 4.99 Å². The van der Waals surface area contributed by atoms with Gasteiger partial charge in [0, 0.05) is 24.4 Å². The van der Waals surface area contributed by atoms with Gasteiger partial charge in [-0.05, 0) is 74.1 Å². The second-order valence-electron chi connectivity index (χ2n) is 7.98. The molecular formula is C24H32N2O2S. The molecule has 2 aromatic rings. The van der Waals surface area contributed by atoms with E-state index >= 15 is 0 Å². The van der Waals surface area contributed by atoms with Crippen LogP contribution < -0.4 is 4.74 Å². The lowest BCUT2D eigenvalue weighted by molar-refractivity contribution is -0.129. The molecule has 1 heterocycles. The number of allylic oxidation sites excluding steroid dienone is 1. The Kier molecular flexibility index (Phi) is 8.21. The molecule has 4 nitrogen and oxygen atoms in total. The fraction of sp³-hybridized carbons (Fsp3) is 0.417. The van der Waals surface area contributed by atoms with E-state index < -0.39 is 0 Å². The quantitative estimate of drug-likeness (QED) is 0.424. The molecule has 29 heavy (non-hydrogen) atoms. The summed E-state index contributed by atoms with van der Waals surface area (Å²) in [4.78, 5) is 19.3. The van der Waals surface area contributed by atoms with Gasteiger partial charge < -0.3 is 9.64 Å². The maximum Gasteiger partial charge on any atom is 0.272 e. The summed E-state index contributed by atoms with van der Waals surface area (Å²) in [5, 5.41) is 4.02. The summed E-state index contributed by atoms with van der Waals surface area (Å²) < 4.78 is 5.41. The molecular weight excluding hydrogens is 380 g/mol. The van der Waals surface area contributed by atoms with Gasteiger partial charge in [-0.3, -0.25) is 9.79 Å². The van der Waals surface area contributed by atoms with Crippen molar-refractivity contribution in [2.75, 3.05) is 14.2 Å². The van der Waals surface area contributed by atoms with Crippen LogP contribution in [0.4, 0.5) is 0 Å². The molecule has 0 N–H and O–H groups in total. The Morgan fingerprint density at radius 2 is 2.03 bits per heavy atom. The first kappa shape index (κ1) is 22.9. The van der Waals surface area contributed by atoms with Crippen molar-refractivity contribution in [1.29, 1.82) is 0 Å². The highest BCUT2D eigenvalue weighted by Crippen LogP contribution is 2.22. The lowest BCUT2D eigenvalue weighted by Crippen LogP contribution is -2.43. The lowest BCUT2D eigenvalue weighted by Gasteiger charge is -2.32. The molecule has 0 aliphatic heterocycles. The first-order valence-electron chi connectivity index (χ1n) is 9.96. The summed E-state index contributed by atoms with van der Waals surface area (Å²) >= 11 is 1.62. The number of aliphatic imine (C=N–C) groups is 1. The number of amides is 1. The van der Waals surface area contributed by atoms with Crippen molar-refractivity contribution in [3.05, 3.63) is 63.5 Å². The van der Waals surface area contributed by atoms with Crippen molar-refractivity contribution in [3.63, 3.8) is 0 Å². The highest BCUT2D eigenvalue weighted by molar-refractivity contribution is 7.08. The second-order valence-corrected chi connectivity index (χ2v) is 8.76. The number of likely N-dealkylation sites (N-methyl/N-ethyl adjacent to an activating group) is 1. The first-order valence-corrected chi connectivity index (χ1v) is 10.9. The second kappa shape index (κ2) is 10.4. The molecule has 0 aliphatic carbocycles. The molecule has 0 fully saturated rings. The molecule has 1 amide bonds. The highest BCUT2D eigenvalue weighted by Gasteiger charge is 2.24. The van der Waals surface area contributed by atoms with E-state index in [4.69, 9.17) is 4.74 Å². The van der Waals surface area contributed by atoms with Crippen LogP contribution in [0, 0.1) is 0 Å². The van der Waals surface area contributed by atoms with E-state index in [-0.39, 0.29) is 11.4 Å². The number of methoxy groups -OCH3 is 1. The van der Waals surface area contributed by atoms with Gasteiger partial charge in [0.05, 0.1) is 7.11 Å². The third kappa shape index (κ3) is 6.57. The van der Waals surface area contributed by atoms with Crippen molar-refractivity contribution < 1.29 is 9.53 Å². The van der Waals surface area contributed by atoms with Gasteiger partial charge in [-0.25, -0.2) is 0 Å². The Labute approximate surface area is 178 Å². The van der Waals surface area contributed by atoms with E-state index in [1.165, 1.54) is 11.1 Å². The molecule has 2 rings (SSSR count). The number of rotatable bonds is 8. The number of hydrogen-bond acceptors (Lipinski definition) is 4. The first-order chi connectivity index (χ1) is 13.8. The van der Waals surface area contributed by atoms with Gasteiger partial charge in [0.25, 0.3) is 5.91 Å². The Morgan fingerprint density at radius 1 is 1.28 bits per heavy atom. The van der Waals surface area contributed by atoms with Gasteiger partial charge in [0.2, 0.25) is 0 Å². The van der Waals surface area contributed by atoms with Gasteiger partial charge in [0.15, 0.2) is 0 Å². The smallest absolute Gasteiger partial charge is 0.272 e. The number of nitrogens with zero attached hydrogens (tertiary/aromatic N) is 2. The summed E-state index contributed by atoms with van der Waals surface area (Å²) in [5.74, 6) is 0.864. The van der Waals surface area contributed by atoms with Crippen LogP contribution in [0.15, 0.2) is 51.8 Å². The molecule has 0 radical (unpaired) electrons. The maximum atomic E-state index is 13.0. The summed E-state index contributed by atoms with van der Waals surface area (Å²) in [6, 6.07) is 8.28.